The summed E-state index contributed by atoms with van der Waals surface area (Å²) < 4.78 is 32.0. The van der Waals surface area contributed by atoms with Gasteiger partial charge in [-0.25, -0.2) is 23.5 Å². The maximum absolute atomic E-state index is 11.8. The molecule has 2 aromatic carbocycles. The molecule has 7 nitrogen and oxygen atoms in total. The molecule has 4 aromatic rings. The molecule has 0 fully saturated rings. The van der Waals surface area contributed by atoms with E-state index in [1.54, 1.807) is 24.7 Å². The predicted octanol–water partition coefficient (Wildman–Crippen LogP) is 2.61. The van der Waals surface area contributed by atoms with Gasteiger partial charge in [0.05, 0.1) is 4.90 Å². The number of nitrogens with zero attached hydrogens (tertiary/aromatic N) is 3. The normalized spacial score (nSPS) is 18.5. The molecule has 0 spiro atoms. The van der Waals surface area contributed by atoms with E-state index >= 15 is 0 Å². The summed E-state index contributed by atoms with van der Waals surface area (Å²) in [6.45, 7) is 0. The lowest BCUT2D eigenvalue weighted by Gasteiger charge is -2.31. The van der Waals surface area contributed by atoms with E-state index in [0.29, 0.717) is 24.2 Å². The van der Waals surface area contributed by atoms with Gasteiger partial charge in [-0.15, -0.1) is 0 Å². The molecule has 1 aliphatic heterocycles. The molecule has 8 heteroatoms. The van der Waals surface area contributed by atoms with Gasteiger partial charge in [-0.3, -0.25) is 4.57 Å². The minimum Gasteiger partial charge on any atom is -0.467 e. The van der Waals surface area contributed by atoms with E-state index < -0.39 is 15.7 Å². The molecule has 3 heterocycles. The number of imidazole rings is 1. The van der Waals surface area contributed by atoms with Gasteiger partial charge in [0.1, 0.15) is 17.6 Å². The van der Waals surface area contributed by atoms with Crippen molar-refractivity contribution in [1.29, 1.82) is 0 Å². The zero-order valence-corrected chi connectivity index (χ0v) is 16.2. The van der Waals surface area contributed by atoms with Crippen LogP contribution in [0.5, 0.6) is 5.75 Å². The van der Waals surface area contributed by atoms with Gasteiger partial charge in [0.15, 0.2) is 11.4 Å². The highest BCUT2D eigenvalue weighted by atomic mass is 32.2. The van der Waals surface area contributed by atoms with Gasteiger partial charge in [-0.1, -0.05) is 30.3 Å². The zero-order chi connectivity index (χ0) is 20.1. The lowest BCUT2D eigenvalue weighted by molar-refractivity contribution is 0.0176. The number of hydrogen-bond donors (Lipinski definition) is 1. The molecule has 2 aromatic heterocycles. The number of sulfonamides is 1. The fourth-order valence-corrected chi connectivity index (χ4v) is 4.45. The average Bonchev–Trinajstić information content (AvgIpc) is 3.29. The van der Waals surface area contributed by atoms with Crippen LogP contribution in [0.1, 0.15) is 11.1 Å². The van der Waals surface area contributed by atoms with Crippen molar-refractivity contribution in [2.75, 3.05) is 0 Å². The lowest BCUT2D eigenvalue weighted by Crippen LogP contribution is -2.40. The van der Waals surface area contributed by atoms with Crippen LogP contribution >= 0.6 is 0 Å². The predicted molar refractivity (Wildman–Crippen MR) is 108 cm³/mol. The summed E-state index contributed by atoms with van der Waals surface area (Å²) in [5.74, 6) is 0.631. The molecule has 29 heavy (non-hydrogen) atoms. The molecule has 0 amide bonds. The number of benzene rings is 2. The van der Waals surface area contributed by atoms with Crippen molar-refractivity contribution in [1.82, 2.24) is 14.5 Å². The second kappa shape index (κ2) is 6.40. The molecule has 0 radical (unpaired) electrons. The van der Waals surface area contributed by atoms with Crippen LogP contribution in [-0.2, 0) is 28.6 Å². The summed E-state index contributed by atoms with van der Waals surface area (Å²) in [7, 11) is -3.80. The standard InChI is InChI=1S/C21H18N4O3S/c22-29(26,27)17-8-9-19-16(11-17)13-21(28-19,12-15-5-2-1-3-6-15)25-14-24-18-7-4-10-23-20(18)25/h1-11,14H,12-13H2,(H2,22,26,27). The Balaban J connectivity index is 1.66. The van der Waals surface area contributed by atoms with E-state index in [1.807, 2.05) is 47.0 Å². The zero-order valence-electron chi connectivity index (χ0n) is 15.4. The third-order valence-electron chi connectivity index (χ3n) is 5.20. The first kappa shape index (κ1) is 17.8. The molecule has 0 bridgehead atoms. The molecule has 0 saturated carbocycles. The summed E-state index contributed by atoms with van der Waals surface area (Å²) in [4.78, 5) is 9.04. The van der Waals surface area contributed by atoms with Crippen LogP contribution in [-0.4, -0.2) is 23.0 Å². The highest BCUT2D eigenvalue weighted by Gasteiger charge is 2.43. The van der Waals surface area contributed by atoms with Gasteiger partial charge < -0.3 is 4.74 Å². The summed E-state index contributed by atoms with van der Waals surface area (Å²) in [6, 6.07) is 18.5. The maximum Gasteiger partial charge on any atom is 0.238 e. The van der Waals surface area contributed by atoms with E-state index in [-0.39, 0.29) is 4.90 Å². The first-order valence-electron chi connectivity index (χ1n) is 9.12. The second-order valence-electron chi connectivity index (χ2n) is 7.16. The summed E-state index contributed by atoms with van der Waals surface area (Å²) in [5.41, 5.74) is 2.53. The van der Waals surface area contributed by atoms with Gasteiger partial charge in [-0.2, -0.15) is 0 Å². The SMILES string of the molecule is NS(=O)(=O)c1ccc2c(c1)CC(Cc1ccccc1)(n1cnc3cccnc31)O2. The first-order chi connectivity index (χ1) is 13.9. The van der Waals surface area contributed by atoms with Crippen molar-refractivity contribution in [3.05, 3.63) is 84.3 Å². The van der Waals surface area contributed by atoms with Crippen LogP contribution in [0.2, 0.25) is 0 Å². The molecule has 0 aliphatic carbocycles. The van der Waals surface area contributed by atoms with Crippen molar-refractivity contribution in [2.45, 2.75) is 23.5 Å². The Morgan fingerprint density at radius 3 is 2.69 bits per heavy atom. The number of pyridine rings is 1. The largest absolute Gasteiger partial charge is 0.467 e. The molecule has 1 atom stereocenters. The first-order valence-corrected chi connectivity index (χ1v) is 10.7. The smallest absolute Gasteiger partial charge is 0.238 e. The number of aromatic nitrogens is 3. The van der Waals surface area contributed by atoms with E-state index in [0.717, 1.165) is 16.6 Å². The van der Waals surface area contributed by atoms with Crippen LogP contribution < -0.4 is 9.88 Å². The van der Waals surface area contributed by atoms with E-state index in [9.17, 15) is 8.42 Å². The summed E-state index contributed by atoms with van der Waals surface area (Å²) in [5, 5.41) is 5.32. The van der Waals surface area contributed by atoms with E-state index in [4.69, 9.17) is 9.88 Å². The Hall–Kier alpha value is -3.23. The number of rotatable bonds is 4. The molecule has 5 rings (SSSR count). The number of fused-ring (bicyclic) bond motifs is 2. The van der Waals surface area contributed by atoms with E-state index in [2.05, 4.69) is 9.97 Å². The van der Waals surface area contributed by atoms with Gasteiger partial charge in [-0.05, 0) is 35.9 Å². The topological polar surface area (TPSA) is 100 Å². The summed E-state index contributed by atoms with van der Waals surface area (Å²) in [6.07, 6.45) is 4.48. The Morgan fingerprint density at radius 2 is 1.90 bits per heavy atom. The highest BCUT2D eigenvalue weighted by Crippen LogP contribution is 2.42. The molecular weight excluding hydrogens is 388 g/mol. The van der Waals surface area contributed by atoms with Crippen molar-refractivity contribution >= 4 is 21.2 Å². The average molecular weight is 406 g/mol. The minimum atomic E-state index is -3.80. The van der Waals surface area contributed by atoms with Crippen LogP contribution in [0.4, 0.5) is 0 Å². The number of primary sulfonamides is 1. The fourth-order valence-electron chi connectivity index (χ4n) is 3.89. The van der Waals surface area contributed by atoms with Crippen molar-refractivity contribution in [3.8, 4) is 5.75 Å². The molecule has 1 aliphatic rings. The Labute approximate surface area is 167 Å². The van der Waals surface area contributed by atoms with Gasteiger partial charge >= 0.3 is 0 Å². The Kier molecular flexibility index (Phi) is 3.94. The monoisotopic (exact) mass is 406 g/mol. The Bertz CT molecular complexity index is 1320. The number of hydrogen-bond acceptors (Lipinski definition) is 5. The van der Waals surface area contributed by atoms with Crippen molar-refractivity contribution in [3.63, 3.8) is 0 Å². The van der Waals surface area contributed by atoms with Gasteiger partial charge in [0.25, 0.3) is 0 Å². The minimum absolute atomic E-state index is 0.0731. The second-order valence-corrected chi connectivity index (χ2v) is 8.72. The number of nitrogens with two attached hydrogens (primary N) is 1. The third-order valence-corrected chi connectivity index (χ3v) is 6.11. The molecule has 2 N–H and O–H groups in total. The lowest BCUT2D eigenvalue weighted by atomic mass is 9.97. The summed E-state index contributed by atoms with van der Waals surface area (Å²) >= 11 is 0. The van der Waals surface area contributed by atoms with Gasteiger partial charge in [0, 0.05) is 24.6 Å². The van der Waals surface area contributed by atoms with Gasteiger partial charge in [0.2, 0.25) is 10.0 Å². The van der Waals surface area contributed by atoms with E-state index in [1.165, 1.54) is 6.07 Å². The van der Waals surface area contributed by atoms with Crippen LogP contribution in [0.25, 0.3) is 11.2 Å². The Morgan fingerprint density at radius 1 is 1.07 bits per heavy atom. The van der Waals surface area contributed by atoms with Crippen LogP contribution in [0.3, 0.4) is 0 Å². The molecule has 0 saturated heterocycles. The van der Waals surface area contributed by atoms with Crippen LogP contribution in [0.15, 0.2) is 78.1 Å². The molecule has 1 unspecified atom stereocenters. The maximum atomic E-state index is 11.8. The fraction of sp³-hybridized carbons (Fsp3) is 0.143. The molecule has 146 valence electrons. The van der Waals surface area contributed by atoms with Crippen molar-refractivity contribution in [2.24, 2.45) is 5.14 Å². The highest BCUT2D eigenvalue weighted by molar-refractivity contribution is 7.89. The van der Waals surface area contributed by atoms with Crippen LogP contribution in [0, 0.1) is 0 Å². The molecular formula is C21H18N4O3S. The number of ether oxygens (including phenoxy) is 1. The quantitative estimate of drug-likeness (QED) is 0.562. The third kappa shape index (κ3) is 3.06. The van der Waals surface area contributed by atoms with Crippen molar-refractivity contribution < 1.29 is 13.2 Å².